The van der Waals surface area contributed by atoms with Crippen molar-refractivity contribution in [2.24, 2.45) is 0 Å². The number of rotatable bonds is 1. The van der Waals surface area contributed by atoms with Gasteiger partial charge in [0.05, 0.1) is 22.2 Å². The minimum Gasteiger partial charge on any atom is -0.507 e. The number of nitrogens with one attached hydrogen (secondary N) is 2. The van der Waals surface area contributed by atoms with Gasteiger partial charge in [0.25, 0.3) is 0 Å². The minimum atomic E-state index is 0.138. The molecule has 44 heavy (non-hydrogen) atoms. The number of fused-ring (bicyclic) bond motifs is 14. The molecule has 0 unspecified atom stereocenters. The largest absolute Gasteiger partial charge is 0.507 e. The van der Waals surface area contributed by atoms with E-state index in [1.165, 1.54) is 0 Å². The van der Waals surface area contributed by atoms with Crippen LogP contribution in [-0.4, -0.2) is 20.2 Å². The molecule has 0 aliphatic rings. The van der Waals surface area contributed by atoms with Gasteiger partial charge in [-0.2, -0.15) is 0 Å². The van der Waals surface area contributed by atoms with Gasteiger partial charge in [-0.3, -0.25) is 0 Å². The molecule has 2 heterocycles. The highest BCUT2D eigenvalue weighted by atomic mass is 16.3. The van der Waals surface area contributed by atoms with E-state index < -0.39 is 0 Å². The Morgan fingerprint density at radius 3 is 1.14 bits per heavy atom. The summed E-state index contributed by atoms with van der Waals surface area (Å²) in [5, 5.41) is 36.7. The number of phenols is 2. The number of hydrogen-bond acceptors (Lipinski definition) is 2. The van der Waals surface area contributed by atoms with Crippen LogP contribution in [0.15, 0.2) is 121 Å². The third kappa shape index (κ3) is 2.87. The first-order chi connectivity index (χ1) is 21.7. The highest BCUT2D eigenvalue weighted by molar-refractivity contribution is 6.35. The smallest absolute Gasteiger partial charge is 0.133 e. The van der Waals surface area contributed by atoms with Gasteiger partial charge in [0.2, 0.25) is 0 Å². The Labute approximate surface area is 250 Å². The standard InChI is InChI=1S/C40H24N2O2/c43-39-27-15-7-5-13-25(27)33-31-23-11-3-1-9-21(23)17-19-29(31)41-37(33)35(39)36-38-34(26-14-6-8-16-28(26)40(36)44)32-24-12-4-2-10-22(24)18-20-30(32)42-38/h1-20,41-44H. The maximum Gasteiger partial charge on any atom is 0.133 e. The van der Waals surface area contributed by atoms with Crippen molar-refractivity contribution >= 4 is 86.7 Å². The highest BCUT2D eigenvalue weighted by Gasteiger charge is 2.27. The average Bonchev–Trinajstić information content (AvgIpc) is 3.66. The Morgan fingerprint density at radius 1 is 0.341 bits per heavy atom. The van der Waals surface area contributed by atoms with Crippen LogP contribution in [0.4, 0.5) is 0 Å². The molecule has 0 aliphatic heterocycles. The van der Waals surface area contributed by atoms with Gasteiger partial charge in [-0.25, -0.2) is 0 Å². The van der Waals surface area contributed by atoms with E-state index >= 15 is 0 Å². The van der Waals surface area contributed by atoms with Gasteiger partial charge >= 0.3 is 0 Å². The van der Waals surface area contributed by atoms with Crippen molar-refractivity contribution in [3.63, 3.8) is 0 Å². The Hall–Kier alpha value is -6.00. The fourth-order valence-corrected chi connectivity index (χ4v) is 7.66. The summed E-state index contributed by atoms with van der Waals surface area (Å²) in [6, 6.07) is 41.3. The normalized spacial score (nSPS) is 12.3. The molecule has 0 amide bonds. The van der Waals surface area contributed by atoms with Gasteiger partial charge in [-0.15, -0.1) is 0 Å². The SMILES string of the molecule is Oc1c(-c2c(O)c3ccccc3c3c2[nH]c2ccc4ccccc4c23)c2[nH]c3ccc4ccccc4c3c2c2ccccc12. The van der Waals surface area contributed by atoms with Crippen molar-refractivity contribution in [2.75, 3.05) is 0 Å². The monoisotopic (exact) mass is 564 g/mol. The summed E-state index contributed by atoms with van der Waals surface area (Å²) >= 11 is 0. The molecule has 0 spiro atoms. The van der Waals surface area contributed by atoms with Crippen molar-refractivity contribution in [2.45, 2.75) is 0 Å². The first-order valence-corrected chi connectivity index (χ1v) is 14.8. The molecule has 4 N–H and O–H groups in total. The van der Waals surface area contributed by atoms with Crippen LogP contribution in [0.3, 0.4) is 0 Å². The predicted molar refractivity (Wildman–Crippen MR) is 184 cm³/mol. The topological polar surface area (TPSA) is 72.0 Å². The number of aromatic hydroxyl groups is 2. The van der Waals surface area contributed by atoms with Gasteiger partial charge in [0.15, 0.2) is 0 Å². The molecule has 0 saturated heterocycles. The van der Waals surface area contributed by atoms with E-state index in [0.29, 0.717) is 11.1 Å². The number of aromatic nitrogens is 2. The maximum absolute atomic E-state index is 12.2. The lowest BCUT2D eigenvalue weighted by Gasteiger charge is -2.16. The van der Waals surface area contributed by atoms with Gasteiger partial charge in [-0.1, -0.05) is 109 Å². The predicted octanol–water partition coefficient (Wildman–Crippen LogP) is 10.6. The molecular weight excluding hydrogens is 540 g/mol. The lowest BCUT2D eigenvalue weighted by molar-refractivity contribution is 0.476. The average molecular weight is 565 g/mol. The fraction of sp³-hybridized carbons (Fsp3) is 0. The van der Waals surface area contributed by atoms with E-state index in [0.717, 1.165) is 86.7 Å². The van der Waals surface area contributed by atoms with Crippen LogP contribution in [0.25, 0.3) is 97.8 Å². The summed E-state index contributed by atoms with van der Waals surface area (Å²) in [6.45, 7) is 0. The molecule has 10 aromatic rings. The van der Waals surface area contributed by atoms with E-state index in [2.05, 4.69) is 94.9 Å². The van der Waals surface area contributed by atoms with E-state index in [4.69, 9.17) is 0 Å². The first kappa shape index (κ1) is 23.6. The summed E-state index contributed by atoms with van der Waals surface area (Å²) in [4.78, 5) is 7.38. The van der Waals surface area contributed by atoms with Crippen molar-refractivity contribution in [3.05, 3.63) is 121 Å². The molecule has 0 aliphatic carbocycles. The molecule has 0 atom stereocenters. The van der Waals surface area contributed by atoms with E-state index in [1.807, 2.05) is 36.4 Å². The first-order valence-electron chi connectivity index (χ1n) is 14.8. The van der Waals surface area contributed by atoms with Crippen molar-refractivity contribution < 1.29 is 10.2 Å². The Bertz CT molecular complexity index is 2660. The van der Waals surface area contributed by atoms with E-state index in [9.17, 15) is 10.2 Å². The molecule has 4 nitrogen and oxygen atoms in total. The summed E-state index contributed by atoms with van der Waals surface area (Å²) < 4.78 is 0. The third-order valence-electron chi connectivity index (χ3n) is 9.50. The van der Waals surface area contributed by atoms with Crippen LogP contribution < -0.4 is 0 Å². The number of H-pyrrole nitrogens is 2. The molecule has 0 fully saturated rings. The van der Waals surface area contributed by atoms with Crippen molar-refractivity contribution in [1.82, 2.24) is 9.97 Å². The van der Waals surface area contributed by atoms with E-state index in [-0.39, 0.29) is 11.5 Å². The second-order valence-electron chi connectivity index (χ2n) is 11.7. The zero-order valence-corrected chi connectivity index (χ0v) is 23.4. The van der Waals surface area contributed by atoms with Crippen LogP contribution in [0.2, 0.25) is 0 Å². The molecule has 0 saturated carbocycles. The van der Waals surface area contributed by atoms with Gasteiger partial charge in [0, 0.05) is 43.4 Å². The highest BCUT2D eigenvalue weighted by Crippen LogP contribution is 2.53. The summed E-state index contributed by atoms with van der Waals surface area (Å²) in [5.74, 6) is 0.277. The summed E-state index contributed by atoms with van der Waals surface area (Å²) in [6.07, 6.45) is 0. The van der Waals surface area contributed by atoms with Crippen LogP contribution in [-0.2, 0) is 0 Å². The van der Waals surface area contributed by atoms with Gasteiger partial charge in [-0.05, 0) is 44.5 Å². The van der Waals surface area contributed by atoms with Crippen LogP contribution in [0, 0.1) is 0 Å². The van der Waals surface area contributed by atoms with Crippen LogP contribution in [0.1, 0.15) is 0 Å². The third-order valence-corrected chi connectivity index (χ3v) is 9.50. The number of hydrogen-bond donors (Lipinski definition) is 4. The molecule has 4 heteroatoms. The zero-order chi connectivity index (χ0) is 29.1. The van der Waals surface area contributed by atoms with Crippen molar-refractivity contribution in [1.29, 1.82) is 0 Å². The second-order valence-corrected chi connectivity index (χ2v) is 11.7. The molecule has 0 bridgehead atoms. The lowest BCUT2D eigenvalue weighted by atomic mass is 9.89. The molecule has 0 radical (unpaired) electrons. The van der Waals surface area contributed by atoms with Crippen LogP contribution in [0.5, 0.6) is 11.5 Å². The Kier molecular flexibility index (Phi) is 4.44. The van der Waals surface area contributed by atoms with Gasteiger partial charge < -0.3 is 20.2 Å². The minimum absolute atomic E-state index is 0.138. The zero-order valence-electron chi connectivity index (χ0n) is 23.4. The summed E-state index contributed by atoms with van der Waals surface area (Å²) in [7, 11) is 0. The summed E-state index contributed by atoms with van der Waals surface area (Å²) in [5.41, 5.74) is 4.72. The molecule has 206 valence electrons. The molecule has 2 aromatic heterocycles. The number of phenolic OH excluding ortho intramolecular Hbond substituents is 2. The number of aromatic amines is 2. The van der Waals surface area contributed by atoms with Crippen molar-refractivity contribution in [3.8, 4) is 22.6 Å². The molecular formula is C40H24N2O2. The van der Waals surface area contributed by atoms with Gasteiger partial charge in [0.1, 0.15) is 11.5 Å². The lowest BCUT2D eigenvalue weighted by Crippen LogP contribution is -1.90. The number of benzene rings is 8. The molecule has 8 aromatic carbocycles. The maximum atomic E-state index is 12.2. The van der Waals surface area contributed by atoms with E-state index in [1.54, 1.807) is 0 Å². The van der Waals surface area contributed by atoms with Crippen LogP contribution >= 0.6 is 0 Å². The second kappa shape index (κ2) is 8.30. The fourth-order valence-electron chi connectivity index (χ4n) is 7.66. The quantitative estimate of drug-likeness (QED) is 0.160. The molecule has 10 rings (SSSR count). The Balaban J connectivity index is 1.50. The Morgan fingerprint density at radius 2 is 0.705 bits per heavy atom.